The summed E-state index contributed by atoms with van der Waals surface area (Å²) >= 11 is 0. The highest BCUT2D eigenvalue weighted by Gasteiger charge is 2.21. The van der Waals surface area contributed by atoms with E-state index < -0.39 is 0 Å². The van der Waals surface area contributed by atoms with Gasteiger partial charge in [0, 0.05) is 16.5 Å². The summed E-state index contributed by atoms with van der Waals surface area (Å²) in [6.45, 7) is 4.27. The second-order valence-electron chi connectivity index (χ2n) is 7.46. The predicted molar refractivity (Wildman–Crippen MR) is 107 cm³/mol. The molecule has 5 nitrogen and oxygen atoms in total. The maximum absolute atomic E-state index is 13.5. The van der Waals surface area contributed by atoms with E-state index in [1.807, 2.05) is 18.3 Å². The minimum Gasteiger partial charge on any atom is -0.301 e. The molecule has 0 spiro atoms. The number of aromatic amines is 1. The second kappa shape index (κ2) is 6.41. The molecule has 3 aromatic heterocycles. The van der Waals surface area contributed by atoms with Crippen molar-refractivity contribution in [2.45, 2.75) is 32.2 Å². The van der Waals surface area contributed by atoms with Gasteiger partial charge in [0.05, 0.1) is 17.6 Å². The van der Waals surface area contributed by atoms with Crippen molar-refractivity contribution in [3.8, 4) is 11.4 Å². The molecule has 0 saturated heterocycles. The fourth-order valence-electron chi connectivity index (χ4n) is 3.72. The van der Waals surface area contributed by atoms with Gasteiger partial charge in [-0.05, 0) is 48.7 Å². The fraction of sp³-hybridized carbons (Fsp3) is 0.227. The Labute approximate surface area is 161 Å². The summed E-state index contributed by atoms with van der Waals surface area (Å²) in [5, 5.41) is 9.27. The number of rotatable bonds is 3. The Bertz CT molecular complexity index is 1280. The van der Waals surface area contributed by atoms with Crippen LogP contribution >= 0.6 is 0 Å². The van der Waals surface area contributed by atoms with Gasteiger partial charge in [0.15, 0.2) is 5.65 Å². The van der Waals surface area contributed by atoms with Crippen molar-refractivity contribution >= 4 is 23.3 Å². The first-order valence-corrected chi connectivity index (χ1v) is 9.46. The molecule has 0 radical (unpaired) electrons. The zero-order chi connectivity index (χ0) is 19.3. The van der Waals surface area contributed by atoms with Crippen molar-refractivity contribution in [1.29, 1.82) is 0 Å². The van der Waals surface area contributed by atoms with Gasteiger partial charge in [-0.2, -0.15) is 5.10 Å². The molecule has 1 aliphatic rings. The summed E-state index contributed by atoms with van der Waals surface area (Å²) in [6, 6.07) is 10.6. The van der Waals surface area contributed by atoms with Gasteiger partial charge in [-0.3, -0.25) is 5.10 Å². The molecule has 0 saturated carbocycles. The van der Waals surface area contributed by atoms with Crippen molar-refractivity contribution in [3.63, 3.8) is 0 Å². The van der Waals surface area contributed by atoms with Crippen LogP contribution in [-0.4, -0.2) is 24.7 Å². The van der Waals surface area contributed by atoms with E-state index in [1.54, 1.807) is 12.1 Å². The molecule has 1 N–H and O–H groups in total. The summed E-state index contributed by atoms with van der Waals surface area (Å²) < 4.78 is 15.6. The van der Waals surface area contributed by atoms with Gasteiger partial charge >= 0.3 is 0 Å². The van der Waals surface area contributed by atoms with E-state index in [2.05, 4.69) is 40.8 Å². The van der Waals surface area contributed by atoms with Crippen molar-refractivity contribution in [1.82, 2.24) is 24.7 Å². The summed E-state index contributed by atoms with van der Waals surface area (Å²) in [4.78, 5) is 9.78. The van der Waals surface area contributed by atoms with E-state index in [9.17, 15) is 4.39 Å². The Hall–Kier alpha value is -3.28. The highest BCUT2D eigenvalue weighted by atomic mass is 19.1. The summed E-state index contributed by atoms with van der Waals surface area (Å²) in [5.74, 6) is 0.863. The number of nitrogens with zero attached hydrogens (tertiary/aromatic N) is 4. The predicted octanol–water partition coefficient (Wildman–Crippen LogP) is 3.29. The molecule has 1 unspecified atom stereocenters. The number of hydrogen-bond acceptors (Lipinski definition) is 3. The van der Waals surface area contributed by atoms with Crippen LogP contribution in [0.15, 0.2) is 42.6 Å². The molecule has 6 heteroatoms. The number of fused-ring (bicyclic) bond motifs is 2. The molecule has 3 heterocycles. The van der Waals surface area contributed by atoms with E-state index in [0.717, 1.165) is 45.2 Å². The molecular formula is C22H20FN5. The summed E-state index contributed by atoms with van der Waals surface area (Å²) in [6.07, 6.45) is 6.99. The van der Waals surface area contributed by atoms with E-state index in [1.165, 1.54) is 12.1 Å². The van der Waals surface area contributed by atoms with Crippen LogP contribution in [0.4, 0.5) is 4.39 Å². The minimum absolute atomic E-state index is 0.0602. The van der Waals surface area contributed by atoms with Crippen molar-refractivity contribution in [2.75, 3.05) is 0 Å². The quantitative estimate of drug-likeness (QED) is 0.599. The molecule has 4 aromatic rings. The van der Waals surface area contributed by atoms with Crippen LogP contribution in [0.1, 0.15) is 37.9 Å². The highest BCUT2D eigenvalue weighted by molar-refractivity contribution is 5.78. The number of nitrogens with one attached hydrogen (secondary N) is 1. The number of hydrogen-bond donors (Lipinski definition) is 1. The molecule has 1 aliphatic carbocycles. The first kappa shape index (κ1) is 16.9. The Kier molecular flexibility index (Phi) is 3.86. The number of pyridine rings is 1. The SMILES string of the molecule is CC(C)c1ccc2nc(-c3ccc(F)cc3)n(C3C=c4cn[nH]c4=CC3)c2n1. The fourth-order valence-corrected chi connectivity index (χ4v) is 3.72. The van der Waals surface area contributed by atoms with Crippen LogP contribution in [0.3, 0.4) is 0 Å². The Morgan fingerprint density at radius 2 is 1.93 bits per heavy atom. The van der Waals surface area contributed by atoms with Gasteiger partial charge in [-0.1, -0.05) is 26.0 Å². The standard InChI is InChI=1S/C22H20FN5/c1-13(2)18-9-10-20-22(25-18)28(17-7-8-19-15(11-17)12-24-27-19)21(26-20)14-3-5-16(23)6-4-14/h3-6,8-13,17,27H,7H2,1-2H3. The topological polar surface area (TPSA) is 59.4 Å². The first-order valence-electron chi connectivity index (χ1n) is 9.46. The van der Waals surface area contributed by atoms with Crippen LogP contribution in [0, 0.1) is 5.82 Å². The second-order valence-corrected chi connectivity index (χ2v) is 7.46. The number of halogens is 1. The van der Waals surface area contributed by atoms with E-state index in [0.29, 0.717) is 5.92 Å². The van der Waals surface area contributed by atoms with Gasteiger partial charge in [0.2, 0.25) is 0 Å². The lowest BCUT2D eigenvalue weighted by Gasteiger charge is -2.19. The number of aromatic nitrogens is 5. The van der Waals surface area contributed by atoms with Crippen LogP contribution in [0.25, 0.3) is 34.7 Å². The Morgan fingerprint density at radius 1 is 1.11 bits per heavy atom. The molecule has 5 rings (SSSR count). The lowest BCUT2D eigenvalue weighted by atomic mass is 10.1. The van der Waals surface area contributed by atoms with E-state index in [-0.39, 0.29) is 11.9 Å². The van der Waals surface area contributed by atoms with Gasteiger partial charge < -0.3 is 4.57 Å². The molecule has 28 heavy (non-hydrogen) atoms. The zero-order valence-corrected chi connectivity index (χ0v) is 15.7. The number of benzene rings is 1. The Morgan fingerprint density at radius 3 is 2.71 bits per heavy atom. The zero-order valence-electron chi connectivity index (χ0n) is 15.7. The molecule has 0 aliphatic heterocycles. The maximum atomic E-state index is 13.5. The number of H-pyrrole nitrogens is 1. The van der Waals surface area contributed by atoms with Crippen molar-refractivity contribution < 1.29 is 4.39 Å². The van der Waals surface area contributed by atoms with Gasteiger partial charge in [0.1, 0.15) is 17.2 Å². The third-order valence-electron chi connectivity index (χ3n) is 5.22. The van der Waals surface area contributed by atoms with Crippen LogP contribution in [-0.2, 0) is 0 Å². The third kappa shape index (κ3) is 2.72. The lowest BCUT2D eigenvalue weighted by Crippen LogP contribution is -2.28. The van der Waals surface area contributed by atoms with Crippen LogP contribution in [0.2, 0.25) is 0 Å². The molecule has 0 fully saturated rings. The molecule has 1 aromatic carbocycles. The smallest absolute Gasteiger partial charge is 0.161 e. The van der Waals surface area contributed by atoms with Crippen molar-refractivity contribution in [2.24, 2.45) is 0 Å². The number of imidazole rings is 1. The summed E-state index contributed by atoms with van der Waals surface area (Å²) in [5.41, 5.74) is 3.60. The first-order chi connectivity index (χ1) is 13.6. The van der Waals surface area contributed by atoms with Gasteiger partial charge in [0.25, 0.3) is 0 Å². The molecule has 0 amide bonds. The molecule has 0 bridgehead atoms. The van der Waals surface area contributed by atoms with Gasteiger partial charge in [-0.25, -0.2) is 14.4 Å². The Balaban J connectivity index is 1.77. The normalized spacial score (nSPS) is 16.1. The van der Waals surface area contributed by atoms with Crippen LogP contribution < -0.4 is 10.6 Å². The lowest BCUT2D eigenvalue weighted by molar-refractivity contribution is 0.627. The van der Waals surface area contributed by atoms with E-state index >= 15 is 0 Å². The van der Waals surface area contributed by atoms with Crippen molar-refractivity contribution in [3.05, 3.63) is 64.7 Å². The maximum Gasteiger partial charge on any atom is 0.161 e. The minimum atomic E-state index is -0.257. The summed E-state index contributed by atoms with van der Waals surface area (Å²) in [7, 11) is 0. The van der Waals surface area contributed by atoms with Crippen LogP contribution in [0.5, 0.6) is 0 Å². The molecule has 1 atom stereocenters. The van der Waals surface area contributed by atoms with Gasteiger partial charge in [-0.15, -0.1) is 0 Å². The van der Waals surface area contributed by atoms with E-state index in [4.69, 9.17) is 9.97 Å². The highest BCUT2D eigenvalue weighted by Crippen LogP contribution is 2.31. The largest absolute Gasteiger partial charge is 0.301 e. The molecular weight excluding hydrogens is 353 g/mol. The average molecular weight is 373 g/mol. The third-order valence-corrected chi connectivity index (χ3v) is 5.22. The molecule has 140 valence electrons. The monoisotopic (exact) mass is 373 g/mol. The average Bonchev–Trinajstić information content (AvgIpc) is 3.31.